The molecule has 1 aromatic carbocycles. The monoisotopic (exact) mass is 299 g/mol. The van der Waals surface area contributed by atoms with E-state index in [-0.39, 0.29) is 0 Å². The third-order valence-electron chi connectivity index (χ3n) is 3.10. The Kier molecular flexibility index (Phi) is 3.96. The SMILES string of the molecule is CCCNc1ncc(C)c(Nc2ccc3ncsc3c2)n1. The number of nitrogens with one attached hydrogen (secondary N) is 2. The van der Waals surface area contributed by atoms with Gasteiger partial charge in [0.2, 0.25) is 5.95 Å². The Labute approximate surface area is 127 Å². The maximum absolute atomic E-state index is 4.53. The van der Waals surface area contributed by atoms with E-state index in [1.807, 2.05) is 30.8 Å². The predicted molar refractivity (Wildman–Crippen MR) is 88.5 cm³/mol. The van der Waals surface area contributed by atoms with Gasteiger partial charge in [0.1, 0.15) is 5.82 Å². The number of thiazole rings is 1. The van der Waals surface area contributed by atoms with E-state index < -0.39 is 0 Å². The number of rotatable bonds is 5. The van der Waals surface area contributed by atoms with Crippen molar-refractivity contribution in [2.45, 2.75) is 20.3 Å². The molecule has 0 spiro atoms. The highest BCUT2D eigenvalue weighted by Gasteiger charge is 2.05. The number of benzene rings is 1. The van der Waals surface area contributed by atoms with Gasteiger partial charge in [-0.3, -0.25) is 0 Å². The van der Waals surface area contributed by atoms with Crippen LogP contribution in [0, 0.1) is 6.92 Å². The van der Waals surface area contributed by atoms with E-state index in [0.29, 0.717) is 5.95 Å². The largest absolute Gasteiger partial charge is 0.354 e. The summed E-state index contributed by atoms with van der Waals surface area (Å²) in [4.78, 5) is 13.1. The molecule has 0 unspecified atom stereocenters. The maximum atomic E-state index is 4.53. The first-order valence-electron chi connectivity index (χ1n) is 6.94. The summed E-state index contributed by atoms with van der Waals surface area (Å²) in [7, 11) is 0. The highest BCUT2D eigenvalue weighted by molar-refractivity contribution is 7.16. The molecule has 0 saturated carbocycles. The molecule has 0 fully saturated rings. The van der Waals surface area contributed by atoms with Crippen LogP contribution in [-0.4, -0.2) is 21.5 Å². The Morgan fingerprint density at radius 1 is 1.24 bits per heavy atom. The zero-order valence-corrected chi connectivity index (χ0v) is 12.9. The van der Waals surface area contributed by atoms with Gasteiger partial charge in [0, 0.05) is 24.0 Å². The molecule has 0 amide bonds. The van der Waals surface area contributed by atoms with Gasteiger partial charge in [-0.05, 0) is 31.5 Å². The number of aryl methyl sites for hydroxylation is 1. The van der Waals surface area contributed by atoms with Gasteiger partial charge in [-0.2, -0.15) is 4.98 Å². The van der Waals surface area contributed by atoms with Crippen molar-refractivity contribution in [1.82, 2.24) is 15.0 Å². The molecule has 21 heavy (non-hydrogen) atoms. The molecule has 0 atom stereocenters. The Balaban J connectivity index is 1.85. The van der Waals surface area contributed by atoms with Gasteiger partial charge in [-0.15, -0.1) is 11.3 Å². The van der Waals surface area contributed by atoms with Crippen LogP contribution in [0.2, 0.25) is 0 Å². The van der Waals surface area contributed by atoms with Crippen molar-refractivity contribution >= 4 is 39.0 Å². The highest BCUT2D eigenvalue weighted by atomic mass is 32.1. The Morgan fingerprint density at radius 3 is 3.00 bits per heavy atom. The first kappa shape index (κ1) is 13.8. The summed E-state index contributed by atoms with van der Waals surface area (Å²) < 4.78 is 1.16. The minimum Gasteiger partial charge on any atom is -0.354 e. The summed E-state index contributed by atoms with van der Waals surface area (Å²) in [6.07, 6.45) is 2.88. The molecular formula is C15H17N5S. The lowest BCUT2D eigenvalue weighted by molar-refractivity contribution is 0.950. The van der Waals surface area contributed by atoms with E-state index in [1.165, 1.54) is 0 Å². The fourth-order valence-corrected chi connectivity index (χ4v) is 2.68. The minimum atomic E-state index is 0.656. The van der Waals surface area contributed by atoms with Crippen molar-refractivity contribution in [2.24, 2.45) is 0 Å². The molecule has 0 bridgehead atoms. The van der Waals surface area contributed by atoms with Gasteiger partial charge in [0.05, 0.1) is 15.7 Å². The van der Waals surface area contributed by atoms with Gasteiger partial charge in [-0.25, -0.2) is 9.97 Å². The molecule has 3 rings (SSSR count). The van der Waals surface area contributed by atoms with Crippen molar-refractivity contribution < 1.29 is 0 Å². The zero-order valence-electron chi connectivity index (χ0n) is 12.1. The number of fused-ring (bicyclic) bond motifs is 1. The van der Waals surface area contributed by atoms with Crippen molar-refractivity contribution in [1.29, 1.82) is 0 Å². The molecule has 0 saturated heterocycles. The first-order chi connectivity index (χ1) is 10.3. The second-order valence-corrected chi connectivity index (χ2v) is 5.70. The first-order valence-corrected chi connectivity index (χ1v) is 7.82. The minimum absolute atomic E-state index is 0.656. The average Bonchev–Trinajstić information content (AvgIpc) is 2.95. The second kappa shape index (κ2) is 6.05. The summed E-state index contributed by atoms with van der Waals surface area (Å²) in [6, 6.07) is 6.12. The summed E-state index contributed by atoms with van der Waals surface area (Å²) in [6.45, 7) is 4.98. The quantitative estimate of drug-likeness (QED) is 0.746. The lowest BCUT2D eigenvalue weighted by Crippen LogP contribution is -2.06. The zero-order chi connectivity index (χ0) is 14.7. The van der Waals surface area contributed by atoms with E-state index >= 15 is 0 Å². The predicted octanol–water partition coefficient (Wildman–Crippen LogP) is 3.96. The van der Waals surface area contributed by atoms with Crippen LogP contribution in [0.5, 0.6) is 0 Å². The van der Waals surface area contributed by atoms with Crippen molar-refractivity contribution in [2.75, 3.05) is 17.2 Å². The molecule has 2 aromatic heterocycles. The van der Waals surface area contributed by atoms with Crippen LogP contribution in [-0.2, 0) is 0 Å². The Hall–Kier alpha value is -2.21. The van der Waals surface area contributed by atoms with Gasteiger partial charge in [0.25, 0.3) is 0 Å². The number of hydrogen-bond acceptors (Lipinski definition) is 6. The molecule has 0 radical (unpaired) electrons. The van der Waals surface area contributed by atoms with Crippen LogP contribution in [0.4, 0.5) is 17.5 Å². The van der Waals surface area contributed by atoms with Gasteiger partial charge in [0.15, 0.2) is 0 Å². The van der Waals surface area contributed by atoms with Gasteiger partial charge >= 0.3 is 0 Å². The van der Waals surface area contributed by atoms with Crippen LogP contribution in [0.1, 0.15) is 18.9 Å². The summed E-state index contributed by atoms with van der Waals surface area (Å²) >= 11 is 1.63. The van der Waals surface area contributed by atoms with Gasteiger partial charge < -0.3 is 10.6 Å². The number of nitrogens with zero attached hydrogens (tertiary/aromatic N) is 3. The molecule has 2 N–H and O–H groups in total. The van der Waals surface area contributed by atoms with E-state index in [0.717, 1.165) is 40.3 Å². The van der Waals surface area contributed by atoms with Crippen LogP contribution in [0.15, 0.2) is 29.9 Å². The van der Waals surface area contributed by atoms with Crippen LogP contribution < -0.4 is 10.6 Å². The lowest BCUT2D eigenvalue weighted by atomic mass is 10.3. The van der Waals surface area contributed by atoms with E-state index in [1.54, 1.807) is 11.3 Å². The van der Waals surface area contributed by atoms with E-state index in [4.69, 9.17) is 0 Å². The standard InChI is InChI=1S/C15H17N5S/c1-3-6-16-15-17-8-10(2)14(20-15)19-11-4-5-12-13(7-11)21-9-18-12/h4-5,7-9H,3,6H2,1-2H3,(H2,16,17,19,20). The van der Waals surface area contributed by atoms with Crippen LogP contribution in [0.3, 0.4) is 0 Å². The lowest BCUT2D eigenvalue weighted by Gasteiger charge is -2.10. The van der Waals surface area contributed by atoms with Crippen LogP contribution in [0.25, 0.3) is 10.2 Å². The molecule has 6 heteroatoms. The molecule has 5 nitrogen and oxygen atoms in total. The van der Waals surface area contributed by atoms with E-state index in [2.05, 4.69) is 38.6 Å². The molecular weight excluding hydrogens is 282 g/mol. The topological polar surface area (TPSA) is 62.7 Å². The van der Waals surface area contributed by atoms with Crippen LogP contribution >= 0.6 is 11.3 Å². The normalized spacial score (nSPS) is 10.8. The molecule has 0 aliphatic carbocycles. The fourth-order valence-electron chi connectivity index (χ4n) is 1.96. The number of anilines is 3. The molecule has 0 aliphatic rings. The summed E-state index contributed by atoms with van der Waals surface area (Å²) in [5.41, 5.74) is 4.91. The van der Waals surface area contributed by atoms with Crippen molar-refractivity contribution in [3.8, 4) is 0 Å². The summed E-state index contributed by atoms with van der Waals surface area (Å²) in [5.74, 6) is 1.48. The smallest absolute Gasteiger partial charge is 0.224 e. The number of hydrogen-bond donors (Lipinski definition) is 2. The third-order valence-corrected chi connectivity index (χ3v) is 3.89. The maximum Gasteiger partial charge on any atom is 0.224 e. The summed E-state index contributed by atoms with van der Waals surface area (Å²) in [5, 5.41) is 6.56. The Morgan fingerprint density at radius 2 is 2.14 bits per heavy atom. The molecule has 108 valence electrons. The molecule has 0 aliphatic heterocycles. The van der Waals surface area contributed by atoms with Crippen molar-refractivity contribution in [3.63, 3.8) is 0 Å². The molecule has 2 heterocycles. The Bertz CT molecular complexity index is 753. The second-order valence-electron chi connectivity index (χ2n) is 4.81. The van der Waals surface area contributed by atoms with Gasteiger partial charge in [-0.1, -0.05) is 6.92 Å². The third kappa shape index (κ3) is 3.11. The average molecular weight is 299 g/mol. The van der Waals surface area contributed by atoms with Crippen molar-refractivity contribution in [3.05, 3.63) is 35.5 Å². The van der Waals surface area contributed by atoms with E-state index in [9.17, 15) is 0 Å². The highest BCUT2D eigenvalue weighted by Crippen LogP contribution is 2.25. The number of aromatic nitrogens is 3. The molecule has 3 aromatic rings. The fraction of sp³-hybridized carbons (Fsp3) is 0.267.